The highest BCUT2D eigenvalue weighted by Gasteiger charge is 2.19. The molecule has 1 aliphatic carbocycles. The second kappa shape index (κ2) is 5.85. The second-order valence-corrected chi connectivity index (χ2v) is 5.04. The molecule has 1 N–H and O–H groups in total. The minimum atomic E-state index is 0.204. The van der Waals surface area contributed by atoms with Crippen LogP contribution in [0.15, 0.2) is 24.3 Å². The van der Waals surface area contributed by atoms with Crippen LogP contribution >= 0.6 is 0 Å². The van der Waals surface area contributed by atoms with Gasteiger partial charge in [0.05, 0.1) is 0 Å². The lowest BCUT2D eigenvalue weighted by Gasteiger charge is -2.14. The van der Waals surface area contributed by atoms with Crippen LogP contribution in [0.25, 0.3) is 0 Å². The van der Waals surface area contributed by atoms with Gasteiger partial charge in [0, 0.05) is 11.6 Å². The summed E-state index contributed by atoms with van der Waals surface area (Å²) in [7, 11) is 0. The van der Waals surface area contributed by atoms with Gasteiger partial charge in [-0.05, 0) is 31.9 Å². The molecule has 0 aromatic heterocycles. The van der Waals surface area contributed by atoms with E-state index in [4.69, 9.17) is 0 Å². The zero-order chi connectivity index (χ0) is 12.1. The average Bonchev–Trinajstić information content (AvgIpc) is 2.61. The van der Waals surface area contributed by atoms with Gasteiger partial charge in [-0.3, -0.25) is 4.79 Å². The molecule has 1 fully saturated rings. The molecule has 0 radical (unpaired) electrons. The van der Waals surface area contributed by atoms with Crippen LogP contribution in [0.3, 0.4) is 0 Å². The van der Waals surface area contributed by atoms with Gasteiger partial charge in [-0.1, -0.05) is 43.4 Å². The van der Waals surface area contributed by atoms with Gasteiger partial charge < -0.3 is 5.32 Å². The summed E-state index contributed by atoms with van der Waals surface area (Å²) in [5.41, 5.74) is 2.14. The Morgan fingerprint density at radius 1 is 1.06 bits per heavy atom. The molecular formula is C15H21NO. The van der Waals surface area contributed by atoms with E-state index in [1.165, 1.54) is 31.2 Å². The van der Waals surface area contributed by atoms with Gasteiger partial charge in [-0.15, -0.1) is 0 Å². The maximum Gasteiger partial charge on any atom is 0.227 e. The number of hydrogen-bond donors (Lipinski definition) is 1. The van der Waals surface area contributed by atoms with Crippen LogP contribution in [-0.2, 0) is 4.79 Å². The van der Waals surface area contributed by atoms with E-state index >= 15 is 0 Å². The van der Waals surface area contributed by atoms with Gasteiger partial charge in [0.1, 0.15) is 0 Å². The minimum absolute atomic E-state index is 0.204. The molecule has 1 saturated carbocycles. The molecule has 0 bridgehead atoms. The van der Waals surface area contributed by atoms with Gasteiger partial charge in [0.25, 0.3) is 0 Å². The van der Waals surface area contributed by atoms with Crippen LogP contribution in [0.5, 0.6) is 0 Å². The largest absolute Gasteiger partial charge is 0.326 e. The van der Waals surface area contributed by atoms with Crippen LogP contribution in [0.4, 0.5) is 5.69 Å². The molecule has 0 atom stereocenters. The molecule has 2 nitrogen and oxygen atoms in total. The number of hydrogen-bond acceptors (Lipinski definition) is 1. The molecule has 1 aromatic carbocycles. The standard InChI is InChI=1S/C15H21NO/c1-12-8-10-14(11-9-12)16-15(17)13-6-4-2-3-5-7-13/h8-11,13H,2-7H2,1H3,(H,16,17). The summed E-state index contributed by atoms with van der Waals surface area (Å²) >= 11 is 0. The molecular weight excluding hydrogens is 210 g/mol. The molecule has 17 heavy (non-hydrogen) atoms. The average molecular weight is 231 g/mol. The van der Waals surface area contributed by atoms with Crippen molar-refractivity contribution in [3.63, 3.8) is 0 Å². The molecule has 0 heterocycles. The number of benzene rings is 1. The van der Waals surface area contributed by atoms with Crippen molar-refractivity contribution < 1.29 is 4.79 Å². The first kappa shape index (κ1) is 12.2. The van der Waals surface area contributed by atoms with E-state index in [-0.39, 0.29) is 11.8 Å². The second-order valence-electron chi connectivity index (χ2n) is 5.04. The SMILES string of the molecule is Cc1ccc(NC(=O)C2CCCCCC2)cc1. The van der Waals surface area contributed by atoms with E-state index in [2.05, 4.69) is 12.2 Å². The number of carbonyl (C=O) groups excluding carboxylic acids is 1. The lowest BCUT2D eigenvalue weighted by molar-refractivity contribution is -0.120. The number of carbonyl (C=O) groups is 1. The number of rotatable bonds is 2. The molecule has 1 aromatic rings. The molecule has 0 spiro atoms. The third kappa shape index (κ3) is 3.58. The van der Waals surface area contributed by atoms with Crippen molar-refractivity contribution in [1.82, 2.24) is 0 Å². The van der Waals surface area contributed by atoms with E-state index in [0.29, 0.717) is 0 Å². The highest BCUT2D eigenvalue weighted by molar-refractivity contribution is 5.92. The van der Waals surface area contributed by atoms with Crippen LogP contribution in [0.2, 0.25) is 0 Å². The summed E-state index contributed by atoms with van der Waals surface area (Å²) in [6.07, 6.45) is 7.08. The van der Waals surface area contributed by atoms with Crippen molar-refractivity contribution >= 4 is 11.6 Å². The van der Waals surface area contributed by atoms with Gasteiger partial charge in [0.2, 0.25) is 5.91 Å². The lowest BCUT2D eigenvalue weighted by Crippen LogP contribution is -2.22. The Bertz CT molecular complexity index is 361. The zero-order valence-electron chi connectivity index (χ0n) is 10.5. The molecule has 2 rings (SSSR count). The molecule has 0 aliphatic heterocycles. The van der Waals surface area contributed by atoms with E-state index in [9.17, 15) is 4.79 Å². The Morgan fingerprint density at radius 3 is 2.24 bits per heavy atom. The highest BCUT2D eigenvalue weighted by Crippen LogP contribution is 2.24. The summed E-state index contributed by atoms with van der Waals surface area (Å²) in [5.74, 6) is 0.426. The van der Waals surface area contributed by atoms with Crippen LogP contribution in [-0.4, -0.2) is 5.91 Å². The summed E-state index contributed by atoms with van der Waals surface area (Å²) in [4.78, 5) is 12.1. The third-order valence-electron chi connectivity index (χ3n) is 3.55. The summed E-state index contributed by atoms with van der Waals surface area (Å²) in [6, 6.07) is 8.01. The van der Waals surface area contributed by atoms with E-state index in [0.717, 1.165) is 18.5 Å². The van der Waals surface area contributed by atoms with Crippen molar-refractivity contribution in [2.75, 3.05) is 5.32 Å². The van der Waals surface area contributed by atoms with Crippen molar-refractivity contribution in [2.45, 2.75) is 45.4 Å². The Labute approximate surface area is 103 Å². The fraction of sp³-hybridized carbons (Fsp3) is 0.533. The predicted molar refractivity (Wildman–Crippen MR) is 71.0 cm³/mol. The molecule has 92 valence electrons. The fourth-order valence-corrected chi connectivity index (χ4v) is 2.42. The Balaban J connectivity index is 1.93. The van der Waals surface area contributed by atoms with Crippen LogP contribution < -0.4 is 5.32 Å². The summed E-state index contributed by atoms with van der Waals surface area (Å²) in [5, 5.41) is 3.03. The Morgan fingerprint density at radius 2 is 1.65 bits per heavy atom. The van der Waals surface area contributed by atoms with Crippen LogP contribution in [0, 0.1) is 12.8 Å². The number of aryl methyl sites for hydroxylation is 1. The number of anilines is 1. The third-order valence-corrected chi connectivity index (χ3v) is 3.55. The Kier molecular flexibility index (Phi) is 4.18. The molecule has 1 amide bonds. The smallest absolute Gasteiger partial charge is 0.227 e. The highest BCUT2D eigenvalue weighted by atomic mass is 16.1. The first-order valence-electron chi connectivity index (χ1n) is 6.63. The maximum atomic E-state index is 12.1. The number of amides is 1. The molecule has 1 aliphatic rings. The van der Waals surface area contributed by atoms with Gasteiger partial charge >= 0.3 is 0 Å². The van der Waals surface area contributed by atoms with Crippen molar-refractivity contribution in [2.24, 2.45) is 5.92 Å². The summed E-state index contributed by atoms with van der Waals surface area (Å²) in [6.45, 7) is 2.05. The fourth-order valence-electron chi connectivity index (χ4n) is 2.42. The quantitative estimate of drug-likeness (QED) is 0.768. The maximum absolute atomic E-state index is 12.1. The molecule has 0 unspecified atom stereocenters. The topological polar surface area (TPSA) is 29.1 Å². The zero-order valence-corrected chi connectivity index (χ0v) is 10.5. The van der Waals surface area contributed by atoms with Gasteiger partial charge in [-0.2, -0.15) is 0 Å². The van der Waals surface area contributed by atoms with E-state index in [1.54, 1.807) is 0 Å². The molecule has 0 saturated heterocycles. The lowest BCUT2D eigenvalue weighted by atomic mass is 9.99. The van der Waals surface area contributed by atoms with Crippen molar-refractivity contribution in [3.8, 4) is 0 Å². The summed E-state index contributed by atoms with van der Waals surface area (Å²) < 4.78 is 0. The van der Waals surface area contributed by atoms with Crippen molar-refractivity contribution in [1.29, 1.82) is 0 Å². The van der Waals surface area contributed by atoms with Gasteiger partial charge in [0.15, 0.2) is 0 Å². The molecule has 2 heteroatoms. The van der Waals surface area contributed by atoms with Crippen molar-refractivity contribution in [3.05, 3.63) is 29.8 Å². The first-order valence-corrected chi connectivity index (χ1v) is 6.63. The minimum Gasteiger partial charge on any atom is -0.326 e. The Hall–Kier alpha value is -1.31. The van der Waals surface area contributed by atoms with E-state index < -0.39 is 0 Å². The first-order chi connectivity index (χ1) is 8.25. The monoisotopic (exact) mass is 231 g/mol. The number of nitrogens with one attached hydrogen (secondary N) is 1. The van der Waals surface area contributed by atoms with Gasteiger partial charge in [-0.25, -0.2) is 0 Å². The van der Waals surface area contributed by atoms with Crippen LogP contribution in [0.1, 0.15) is 44.1 Å². The van der Waals surface area contributed by atoms with E-state index in [1.807, 2.05) is 24.3 Å². The normalized spacial score (nSPS) is 17.5. The predicted octanol–water partition coefficient (Wildman–Crippen LogP) is 3.90.